The maximum Gasteiger partial charge on any atom is 0.129 e. The number of hydrogen-bond donors (Lipinski definition) is 1. The first-order valence-corrected chi connectivity index (χ1v) is 4.15. The zero-order chi connectivity index (χ0) is 9.68. The number of nitrogens with zero attached hydrogens (tertiary/aromatic N) is 3. The lowest BCUT2D eigenvalue weighted by atomic mass is 10.2. The third kappa shape index (κ3) is 3.08. The van der Waals surface area contributed by atoms with Gasteiger partial charge in [0.1, 0.15) is 11.6 Å². The Balaban J connectivity index is 2.51. The van der Waals surface area contributed by atoms with E-state index in [9.17, 15) is 0 Å². The van der Waals surface area contributed by atoms with E-state index >= 15 is 0 Å². The van der Waals surface area contributed by atoms with E-state index in [0.29, 0.717) is 6.54 Å². The van der Waals surface area contributed by atoms with E-state index in [2.05, 4.69) is 21.4 Å². The maximum absolute atomic E-state index is 8.54. The minimum absolute atomic E-state index is 0.00438. The lowest BCUT2D eigenvalue weighted by molar-refractivity contribution is 0.781. The number of rotatable bonds is 3. The Morgan fingerprint density at radius 1 is 1.69 bits per heavy atom. The zero-order valence-electron chi connectivity index (χ0n) is 7.78. The minimum atomic E-state index is -0.00438. The molecule has 68 valence electrons. The molecule has 0 spiro atoms. The maximum atomic E-state index is 8.54. The van der Waals surface area contributed by atoms with Crippen molar-refractivity contribution in [2.75, 3.05) is 11.9 Å². The van der Waals surface area contributed by atoms with Crippen molar-refractivity contribution in [2.24, 2.45) is 5.92 Å². The van der Waals surface area contributed by atoms with Crippen LogP contribution in [0.15, 0.2) is 12.3 Å². The second kappa shape index (κ2) is 4.41. The fourth-order valence-electron chi connectivity index (χ4n) is 0.858. The van der Waals surface area contributed by atoms with Crippen LogP contribution in [-0.2, 0) is 0 Å². The average molecular weight is 176 g/mol. The summed E-state index contributed by atoms with van der Waals surface area (Å²) in [5.41, 5.74) is 0. The van der Waals surface area contributed by atoms with Crippen molar-refractivity contribution in [3.63, 3.8) is 0 Å². The normalized spacial score (nSPS) is 11.8. The summed E-state index contributed by atoms with van der Waals surface area (Å²) in [5, 5.41) is 11.6. The molecule has 0 aliphatic heterocycles. The van der Waals surface area contributed by atoms with Gasteiger partial charge in [0.25, 0.3) is 0 Å². The lowest BCUT2D eigenvalue weighted by Gasteiger charge is -2.05. The third-order valence-corrected chi connectivity index (χ3v) is 1.59. The quantitative estimate of drug-likeness (QED) is 0.755. The molecular formula is C9H12N4. The van der Waals surface area contributed by atoms with E-state index in [0.717, 1.165) is 11.6 Å². The molecular weight excluding hydrogens is 164 g/mol. The molecule has 1 aromatic rings. The van der Waals surface area contributed by atoms with Crippen molar-refractivity contribution >= 4 is 5.82 Å². The van der Waals surface area contributed by atoms with Gasteiger partial charge in [0.05, 0.1) is 12.0 Å². The fourth-order valence-corrected chi connectivity index (χ4v) is 0.858. The van der Waals surface area contributed by atoms with Crippen molar-refractivity contribution in [3.8, 4) is 6.07 Å². The Kier molecular flexibility index (Phi) is 3.21. The van der Waals surface area contributed by atoms with Gasteiger partial charge in [-0.1, -0.05) is 0 Å². The monoisotopic (exact) mass is 176 g/mol. The Hall–Kier alpha value is -1.63. The molecule has 1 rings (SSSR count). The molecule has 0 saturated heterocycles. The SMILES string of the molecule is Cc1nccc(NCC(C)C#N)n1. The molecule has 4 heteroatoms. The molecule has 0 amide bonds. The summed E-state index contributed by atoms with van der Waals surface area (Å²) in [4.78, 5) is 8.12. The Labute approximate surface area is 77.6 Å². The number of aromatic nitrogens is 2. The fraction of sp³-hybridized carbons (Fsp3) is 0.444. The standard InChI is InChI=1S/C9H12N4/c1-7(5-10)6-12-9-3-4-11-8(2)13-9/h3-4,7H,6H2,1-2H3,(H,11,12,13). The molecule has 0 radical (unpaired) electrons. The van der Waals surface area contributed by atoms with Crippen molar-refractivity contribution in [3.05, 3.63) is 18.1 Å². The molecule has 0 bridgehead atoms. The van der Waals surface area contributed by atoms with Crippen LogP contribution >= 0.6 is 0 Å². The second-order valence-corrected chi connectivity index (χ2v) is 2.90. The van der Waals surface area contributed by atoms with Crippen LogP contribution in [-0.4, -0.2) is 16.5 Å². The van der Waals surface area contributed by atoms with Gasteiger partial charge in [0, 0.05) is 12.7 Å². The smallest absolute Gasteiger partial charge is 0.129 e. The second-order valence-electron chi connectivity index (χ2n) is 2.90. The van der Waals surface area contributed by atoms with Crippen LogP contribution in [0.3, 0.4) is 0 Å². The average Bonchev–Trinajstić information content (AvgIpc) is 2.14. The molecule has 0 aromatic carbocycles. The van der Waals surface area contributed by atoms with Crippen LogP contribution in [0, 0.1) is 24.2 Å². The Morgan fingerprint density at radius 3 is 3.08 bits per heavy atom. The largest absolute Gasteiger partial charge is 0.369 e. The summed E-state index contributed by atoms with van der Waals surface area (Å²) in [6.45, 7) is 4.31. The topological polar surface area (TPSA) is 61.6 Å². The Bertz CT molecular complexity index is 316. The molecule has 1 unspecified atom stereocenters. The van der Waals surface area contributed by atoms with Gasteiger partial charge in [-0.2, -0.15) is 5.26 Å². The van der Waals surface area contributed by atoms with E-state index < -0.39 is 0 Å². The van der Waals surface area contributed by atoms with Crippen LogP contribution < -0.4 is 5.32 Å². The van der Waals surface area contributed by atoms with Gasteiger partial charge < -0.3 is 5.32 Å². The molecule has 0 aliphatic carbocycles. The number of aryl methyl sites for hydroxylation is 1. The van der Waals surface area contributed by atoms with Gasteiger partial charge in [0.2, 0.25) is 0 Å². The van der Waals surface area contributed by atoms with Crippen molar-refractivity contribution in [1.82, 2.24) is 9.97 Å². The summed E-state index contributed by atoms with van der Waals surface area (Å²) in [5.74, 6) is 1.50. The van der Waals surface area contributed by atoms with Crippen molar-refractivity contribution in [1.29, 1.82) is 5.26 Å². The predicted molar refractivity (Wildman–Crippen MR) is 50.0 cm³/mol. The number of nitriles is 1. The van der Waals surface area contributed by atoms with E-state index in [4.69, 9.17) is 5.26 Å². The van der Waals surface area contributed by atoms with Gasteiger partial charge in [-0.15, -0.1) is 0 Å². The number of hydrogen-bond acceptors (Lipinski definition) is 4. The molecule has 4 nitrogen and oxygen atoms in total. The van der Waals surface area contributed by atoms with Gasteiger partial charge in [-0.3, -0.25) is 0 Å². The first-order chi connectivity index (χ1) is 6.22. The van der Waals surface area contributed by atoms with E-state index in [-0.39, 0.29) is 5.92 Å². The van der Waals surface area contributed by atoms with Gasteiger partial charge >= 0.3 is 0 Å². The van der Waals surface area contributed by atoms with Crippen molar-refractivity contribution in [2.45, 2.75) is 13.8 Å². The van der Waals surface area contributed by atoms with E-state index in [1.54, 1.807) is 12.3 Å². The third-order valence-electron chi connectivity index (χ3n) is 1.59. The predicted octanol–water partition coefficient (Wildman–Crippen LogP) is 1.36. The summed E-state index contributed by atoms with van der Waals surface area (Å²) < 4.78 is 0. The van der Waals surface area contributed by atoms with Crippen LogP contribution in [0.4, 0.5) is 5.82 Å². The van der Waals surface area contributed by atoms with Crippen molar-refractivity contribution < 1.29 is 0 Å². The highest BCUT2D eigenvalue weighted by Crippen LogP contribution is 2.02. The molecule has 1 atom stereocenters. The number of anilines is 1. The lowest BCUT2D eigenvalue weighted by Crippen LogP contribution is -2.10. The van der Waals surface area contributed by atoms with Crippen LogP contribution in [0.2, 0.25) is 0 Å². The number of nitrogens with one attached hydrogen (secondary N) is 1. The summed E-state index contributed by atoms with van der Waals surface area (Å²) >= 11 is 0. The first kappa shape index (κ1) is 9.46. The molecule has 13 heavy (non-hydrogen) atoms. The highest BCUT2D eigenvalue weighted by atomic mass is 15.0. The molecule has 0 aliphatic rings. The van der Waals surface area contributed by atoms with Crippen LogP contribution in [0.5, 0.6) is 0 Å². The first-order valence-electron chi connectivity index (χ1n) is 4.15. The van der Waals surface area contributed by atoms with Crippen LogP contribution in [0.25, 0.3) is 0 Å². The van der Waals surface area contributed by atoms with E-state index in [1.165, 1.54) is 0 Å². The molecule has 0 saturated carbocycles. The molecule has 1 N–H and O–H groups in total. The zero-order valence-corrected chi connectivity index (χ0v) is 7.78. The summed E-state index contributed by atoms with van der Waals surface area (Å²) in [7, 11) is 0. The van der Waals surface area contributed by atoms with Gasteiger partial charge in [-0.05, 0) is 19.9 Å². The summed E-state index contributed by atoms with van der Waals surface area (Å²) in [6.07, 6.45) is 1.70. The van der Waals surface area contributed by atoms with Crippen LogP contribution in [0.1, 0.15) is 12.7 Å². The van der Waals surface area contributed by atoms with Gasteiger partial charge in [-0.25, -0.2) is 9.97 Å². The van der Waals surface area contributed by atoms with E-state index in [1.807, 2.05) is 13.8 Å². The molecule has 0 fully saturated rings. The molecule has 1 aromatic heterocycles. The highest BCUT2D eigenvalue weighted by molar-refractivity contribution is 5.32. The summed E-state index contributed by atoms with van der Waals surface area (Å²) in [6, 6.07) is 3.93. The molecule has 1 heterocycles. The van der Waals surface area contributed by atoms with Gasteiger partial charge in [0.15, 0.2) is 0 Å². The minimum Gasteiger partial charge on any atom is -0.369 e. The highest BCUT2D eigenvalue weighted by Gasteiger charge is 1.99. The Morgan fingerprint density at radius 2 is 2.46 bits per heavy atom.